The SMILES string of the molecule is CC(C)c1cccc(CC2CC3(C2)CN(C(=O)C2CC(C)(O)C2)C3)c1. The largest absolute Gasteiger partial charge is 0.390 e. The third kappa shape index (κ3) is 3.23. The molecular weight excluding hydrogens is 310 g/mol. The van der Waals surface area contributed by atoms with E-state index in [-0.39, 0.29) is 11.8 Å². The third-order valence-electron chi connectivity index (χ3n) is 6.67. The molecule has 1 amide bonds. The van der Waals surface area contributed by atoms with E-state index in [1.807, 2.05) is 11.8 Å². The van der Waals surface area contributed by atoms with Gasteiger partial charge in [-0.2, -0.15) is 0 Å². The fourth-order valence-electron chi connectivity index (χ4n) is 5.33. The third-order valence-corrected chi connectivity index (χ3v) is 6.67. The summed E-state index contributed by atoms with van der Waals surface area (Å²) in [5.41, 5.74) is 2.72. The first-order valence-corrected chi connectivity index (χ1v) is 9.85. The van der Waals surface area contributed by atoms with Gasteiger partial charge in [0.25, 0.3) is 0 Å². The predicted molar refractivity (Wildman–Crippen MR) is 99.3 cm³/mol. The van der Waals surface area contributed by atoms with Crippen LogP contribution in [0.1, 0.15) is 63.5 Å². The van der Waals surface area contributed by atoms with Crippen molar-refractivity contribution in [2.24, 2.45) is 17.3 Å². The summed E-state index contributed by atoms with van der Waals surface area (Å²) >= 11 is 0. The van der Waals surface area contributed by atoms with Crippen molar-refractivity contribution in [2.75, 3.05) is 13.1 Å². The van der Waals surface area contributed by atoms with Gasteiger partial charge in [0.1, 0.15) is 0 Å². The molecule has 1 saturated heterocycles. The van der Waals surface area contributed by atoms with Crippen molar-refractivity contribution in [2.45, 2.75) is 64.4 Å². The molecule has 3 nitrogen and oxygen atoms in total. The second-order valence-electron chi connectivity index (χ2n) is 9.67. The van der Waals surface area contributed by atoms with Gasteiger partial charge in [0.05, 0.1) is 5.60 Å². The Balaban J connectivity index is 1.24. The number of carbonyl (C=O) groups is 1. The highest BCUT2D eigenvalue weighted by molar-refractivity contribution is 5.81. The van der Waals surface area contributed by atoms with Crippen LogP contribution >= 0.6 is 0 Å². The van der Waals surface area contributed by atoms with Gasteiger partial charge in [-0.3, -0.25) is 4.79 Å². The van der Waals surface area contributed by atoms with Crippen molar-refractivity contribution in [1.82, 2.24) is 4.90 Å². The molecular formula is C22H31NO2. The fraction of sp³-hybridized carbons (Fsp3) is 0.682. The van der Waals surface area contributed by atoms with E-state index in [0.29, 0.717) is 24.2 Å². The van der Waals surface area contributed by atoms with Crippen molar-refractivity contribution in [3.63, 3.8) is 0 Å². The highest BCUT2D eigenvalue weighted by atomic mass is 16.3. The number of rotatable bonds is 4. The van der Waals surface area contributed by atoms with Crippen LogP contribution in [0.4, 0.5) is 0 Å². The van der Waals surface area contributed by atoms with E-state index in [4.69, 9.17) is 0 Å². The van der Waals surface area contributed by atoms with Gasteiger partial charge in [-0.05, 0) is 62.0 Å². The summed E-state index contributed by atoms with van der Waals surface area (Å²) in [4.78, 5) is 14.4. The quantitative estimate of drug-likeness (QED) is 0.906. The van der Waals surface area contributed by atoms with Gasteiger partial charge in [0.2, 0.25) is 5.91 Å². The first-order chi connectivity index (χ1) is 11.8. The molecule has 1 aromatic carbocycles. The zero-order valence-corrected chi connectivity index (χ0v) is 15.8. The summed E-state index contributed by atoms with van der Waals surface area (Å²) in [7, 11) is 0. The second kappa shape index (κ2) is 5.84. The van der Waals surface area contributed by atoms with Gasteiger partial charge < -0.3 is 10.0 Å². The molecule has 0 unspecified atom stereocenters. The lowest BCUT2D eigenvalue weighted by Gasteiger charge is -2.60. The Kier molecular flexibility index (Phi) is 3.99. The molecule has 0 atom stereocenters. The molecule has 4 rings (SSSR count). The Morgan fingerprint density at radius 1 is 1.24 bits per heavy atom. The number of aliphatic hydroxyl groups is 1. The molecule has 1 aliphatic heterocycles. The number of hydrogen-bond acceptors (Lipinski definition) is 2. The molecule has 2 aliphatic carbocycles. The van der Waals surface area contributed by atoms with Gasteiger partial charge in [-0.25, -0.2) is 0 Å². The van der Waals surface area contributed by atoms with Crippen LogP contribution in [0, 0.1) is 17.3 Å². The van der Waals surface area contributed by atoms with Gasteiger partial charge in [0, 0.05) is 24.4 Å². The maximum absolute atomic E-state index is 12.4. The molecule has 136 valence electrons. The highest BCUT2D eigenvalue weighted by Gasteiger charge is 2.55. The molecule has 1 heterocycles. The van der Waals surface area contributed by atoms with Crippen LogP contribution in [0.3, 0.4) is 0 Å². The van der Waals surface area contributed by atoms with Gasteiger partial charge in [-0.15, -0.1) is 0 Å². The summed E-state index contributed by atoms with van der Waals surface area (Å²) in [6.45, 7) is 8.23. The van der Waals surface area contributed by atoms with Crippen LogP contribution in [-0.2, 0) is 11.2 Å². The van der Waals surface area contributed by atoms with Crippen molar-refractivity contribution in [3.05, 3.63) is 35.4 Å². The number of amides is 1. The Morgan fingerprint density at radius 3 is 2.52 bits per heavy atom. The van der Waals surface area contributed by atoms with Crippen LogP contribution < -0.4 is 0 Å². The van der Waals surface area contributed by atoms with Crippen molar-refractivity contribution < 1.29 is 9.90 Å². The minimum absolute atomic E-state index is 0.0713. The Labute approximate surface area is 151 Å². The zero-order chi connectivity index (χ0) is 17.8. The van der Waals surface area contributed by atoms with Crippen molar-refractivity contribution in [3.8, 4) is 0 Å². The summed E-state index contributed by atoms with van der Waals surface area (Å²) in [6.07, 6.45) is 5.01. The second-order valence-corrected chi connectivity index (χ2v) is 9.67. The maximum Gasteiger partial charge on any atom is 0.225 e. The summed E-state index contributed by atoms with van der Waals surface area (Å²) < 4.78 is 0. The van der Waals surface area contributed by atoms with Crippen LogP contribution in [0.2, 0.25) is 0 Å². The van der Waals surface area contributed by atoms with E-state index in [1.54, 1.807) is 0 Å². The lowest BCUT2D eigenvalue weighted by atomic mass is 9.56. The molecule has 3 fully saturated rings. The van der Waals surface area contributed by atoms with Crippen LogP contribution in [0.5, 0.6) is 0 Å². The minimum atomic E-state index is -0.602. The molecule has 2 saturated carbocycles. The van der Waals surface area contributed by atoms with E-state index in [1.165, 1.54) is 30.4 Å². The predicted octanol–water partition coefficient (Wildman–Crippen LogP) is 3.75. The standard InChI is InChI=1S/C22H31NO2/c1-15(2)18-6-4-5-16(8-18)7-17-9-22(10-17)13-23(14-22)20(24)19-11-21(3,25)12-19/h4-6,8,15,17,19,25H,7,9-14H2,1-3H3. The Hall–Kier alpha value is -1.35. The number of likely N-dealkylation sites (tertiary alicyclic amines) is 1. The maximum atomic E-state index is 12.4. The molecule has 1 N–H and O–H groups in total. The normalized spacial score (nSPS) is 30.8. The first kappa shape index (κ1) is 17.1. The molecule has 25 heavy (non-hydrogen) atoms. The molecule has 0 aromatic heterocycles. The van der Waals surface area contributed by atoms with Crippen LogP contribution in [0.25, 0.3) is 0 Å². The monoisotopic (exact) mass is 341 g/mol. The topological polar surface area (TPSA) is 40.5 Å². The van der Waals surface area contributed by atoms with Crippen LogP contribution in [0.15, 0.2) is 24.3 Å². The average Bonchev–Trinajstić information content (AvgIpc) is 2.45. The van der Waals surface area contributed by atoms with Crippen LogP contribution in [-0.4, -0.2) is 34.6 Å². The van der Waals surface area contributed by atoms with E-state index in [2.05, 4.69) is 38.1 Å². The van der Waals surface area contributed by atoms with Gasteiger partial charge in [0.15, 0.2) is 0 Å². The molecule has 3 aliphatic rings. The Morgan fingerprint density at radius 2 is 1.92 bits per heavy atom. The van der Waals surface area contributed by atoms with Gasteiger partial charge in [-0.1, -0.05) is 38.1 Å². The first-order valence-electron chi connectivity index (χ1n) is 9.85. The summed E-state index contributed by atoms with van der Waals surface area (Å²) in [6, 6.07) is 9.05. The molecule has 1 spiro atoms. The lowest BCUT2D eigenvalue weighted by molar-refractivity contribution is -0.171. The van der Waals surface area contributed by atoms with Crippen molar-refractivity contribution >= 4 is 5.91 Å². The fourth-order valence-corrected chi connectivity index (χ4v) is 5.33. The smallest absolute Gasteiger partial charge is 0.225 e. The number of nitrogens with zero attached hydrogens (tertiary/aromatic N) is 1. The van der Waals surface area contributed by atoms with Gasteiger partial charge >= 0.3 is 0 Å². The minimum Gasteiger partial charge on any atom is -0.390 e. The molecule has 0 radical (unpaired) electrons. The van der Waals surface area contributed by atoms with E-state index >= 15 is 0 Å². The average molecular weight is 341 g/mol. The summed E-state index contributed by atoms with van der Waals surface area (Å²) in [5, 5.41) is 9.82. The summed E-state index contributed by atoms with van der Waals surface area (Å²) in [5.74, 6) is 1.72. The zero-order valence-electron chi connectivity index (χ0n) is 15.8. The van der Waals surface area contributed by atoms with E-state index in [9.17, 15) is 9.90 Å². The van der Waals surface area contributed by atoms with E-state index < -0.39 is 5.60 Å². The Bertz CT molecular complexity index is 656. The molecule has 3 heteroatoms. The highest BCUT2D eigenvalue weighted by Crippen LogP contribution is 2.54. The molecule has 1 aromatic rings. The van der Waals surface area contributed by atoms with Crippen molar-refractivity contribution in [1.29, 1.82) is 0 Å². The number of hydrogen-bond donors (Lipinski definition) is 1. The lowest BCUT2D eigenvalue weighted by Crippen LogP contribution is -2.66. The van der Waals surface area contributed by atoms with E-state index in [0.717, 1.165) is 19.0 Å². The number of benzene rings is 1. The number of carbonyl (C=O) groups excluding carboxylic acids is 1. The molecule has 0 bridgehead atoms.